The molecule has 2 aliphatic rings. The van der Waals surface area contributed by atoms with Crippen LogP contribution in [0, 0.1) is 0 Å². The molecule has 0 aliphatic carbocycles. The molecule has 0 bridgehead atoms. The van der Waals surface area contributed by atoms with Gasteiger partial charge < -0.3 is 38.3 Å². The number of rotatable bonds is 33. The summed E-state index contributed by atoms with van der Waals surface area (Å²) in [5, 5.41) is 10.5. The normalized spacial score (nSPS) is 22.8. The predicted octanol–water partition coefficient (Wildman–Crippen LogP) is 9.20. The summed E-state index contributed by atoms with van der Waals surface area (Å²) < 4.78 is 41.0. The van der Waals surface area contributed by atoms with Crippen LogP contribution in [0.1, 0.15) is 174 Å². The molecule has 2 rings (SSSR count). The van der Waals surface area contributed by atoms with Crippen LogP contribution in [0.4, 0.5) is 0 Å². The maximum absolute atomic E-state index is 11.4. The van der Waals surface area contributed by atoms with Crippen molar-refractivity contribution in [1.29, 1.82) is 0 Å². The summed E-state index contributed by atoms with van der Waals surface area (Å²) in [7, 11) is 3.35. The van der Waals surface area contributed by atoms with Crippen molar-refractivity contribution >= 4 is 5.97 Å². The van der Waals surface area contributed by atoms with E-state index in [4.69, 9.17) is 33.2 Å². The third kappa shape index (κ3) is 20.7. The summed E-state index contributed by atoms with van der Waals surface area (Å²) in [6.45, 7) is 5.15. The van der Waals surface area contributed by atoms with Gasteiger partial charge in [0.15, 0.2) is 0 Å². The number of hydrogen-bond acceptors (Lipinski definition) is 9. The lowest BCUT2D eigenvalue weighted by molar-refractivity contribution is -0.158. The zero-order chi connectivity index (χ0) is 35.4. The van der Waals surface area contributed by atoms with Crippen LogP contribution in [0.5, 0.6) is 0 Å². The Morgan fingerprint density at radius 2 is 1.04 bits per heavy atom. The van der Waals surface area contributed by atoms with Gasteiger partial charge >= 0.3 is 5.97 Å². The van der Waals surface area contributed by atoms with E-state index in [9.17, 15) is 9.90 Å². The van der Waals surface area contributed by atoms with Crippen molar-refractivity contribution in [3.63, 3.8) is 0 Å². The SMILES string of the molecule is CCCCCCCCCC[C@@H](OCOC)[C@H]1CC[C@H]([C@H]2CC[C@H]([C@@H](CCCC[C@@H](O)CCCCCCCCC(=O)OCC)OCOC)O2)O1. The Kier molecular flexibility index (Phi) is 26.9. The standard InChI is InChI=1S/C40H76O9/c1-5-7-8-9-10-11-15-18-24-34(46-31-43-3)36-27-29-38(48-36)39-30-28-37(49-39)35(47-32-44-4)25-21-20-23-33(41)22-17-14-12-13-16-19-26-40(42)45-6-2/h33-39,41H,5-32H2,1-4H3/t33-,34+,35+,36+,37+,38+,39+/m0/s1. The molecule has 0 amide bonds. The van der Waals surface area contributed by atoms with Crippen LogP contribution in [-0.2, 0) is 38.0 Å². The molecule has 9 heteroatoms. The second kappa shape index (κ2) is 29.7. The first-order valence-corrected chi connectivity index (χ1v) is 20.4. The van der Waals surface area contributed by atoms with Gasteiger partial charge in [-0.2, -0.15) is 0 Å². The topological polar surface area (TPSA) is 102 Å². The predicted molar refractivity (Wildman–Crippen MR) is 195 cm³/mol. The van der Waals surface area contributed by atoms with E-state index in [1.54, 1.807) is 14.2 Å². The lowest BCUT2D eigenvalue weighted by Gasteiger charge is -2.27. The number of unbranched alkanes of at least 4 members (excludes halogenated alkanes) is 13. The first kappa shape index (κ1) is 44.4. The number of aliphatic hydroxyl groups is 1. The molecule has 7 atom stereocenters. The smallest absolute Gasteiger partial charge is 0.305 e. The molecule has 0 aromatic carbocycles. The van der Waals surface area contributed by atoms with E-state index in [1.165, 1.54) is 51.4 Å². The van der Waals surface area contributed by atoms with E-state index in [1.807, 2.05) is 6.92 Å². The summed E-state index contributed by atoms with van der Waals surface area (Å²) in [5.74, 6) is -0.0863. The van der Waals surface area contributed by atoms with Crippen molar-refractivity contribution in [2.24, 2.45) is 0 Å². The fraction of sp³-hybridized carbons (Fsp3) is 0.975. The van der Waals surface area contributed by atoms with Crippen molar-refractivity contribution in [2.45, 2.75) is 217 Å². The number of hydrogen-bond donors (Lipinski definition) is 1. The highest BCUT2D eigenvalue weighted by atomic mass is 16.7. The number of carbonyl (C=O) groups excluding carboxylic acids is 1. The van der Waals surface area contributed by atoms with E-state index < -0.39 is 0 Å². The summed E-state index contributed by atoms with van der Waals surface area (Å²) in [6, 6.07) is 0. The van der Waals surface area contributed by atoms with Gasteiger partial charge in [0.05, 0.1) is 49.3 Å². The number of aliphatic hydroxyl groups excluding tert-OH is 1. The molecule has 0 unspecified atom stereocenters. The monoisotopic (exact) mass is 701 g/mol. The number of ether oxygens (including phenoxy) is 7. The summed E-state index contributed by atoms with van der Waals surface area (Å²) in [6.07, 6.45) is 27.1. The first-order valence-electron chi connectivity index (χ1n) is 20.4. The van der Waals surface area contributed by atoms with E-state index >= 15 is 0 Å². The molecule has 2 heterocycles. The molecule has 290 valence electrons. The van der Waals surface area contributed by atoms with Gasteiger partial charge in [-0.1, -0.05) is 103 Å². The zero-order valence-corrected chi connectivity index (χ0v) is 32.1. The van der Waals surface area contributed by atoms with Gasteiger partial charge in [-0.15, -0.1) is 0 Å². The van der Waals surface area contributed by atoms with Crippen LogP contribution in [0.2, 0.25) is 0 Å². The molecular weight excluding hydrogens is 624 g/mol. The Balaban J connectivity index is 1.64. The second-order valence-corrected chi connectivity index (χ2v) is 14.5. The third-order valence-electron chi connectivity index (χ3n) is 10.3. The van der Waals surface area contributed by atoms with Crippen molar-refractivity contribution in [1.82, 2.24) is 0 Å². The van der Waals surface area contributed by atoms with Crippen molar-refractivity contribution < 1.29 is 43.1 Å². The first-order chi connectivity index (χ1) is 24.0. The van der Waals surface area contributed by atoms with Crippen molar-refractivity contribution in [3.05, 3.63) is 0 Å². The van der Waals surface area contributed by atoms with Crippen LogP contribution < -0.4 is 0 Å². The second-order valence-electron chi connectivity index (χ2n) is 14.5. The van der Waals surface area contributed by atoms with Gasteiger partial charge in [0.1, 0.15) is 13.6 Å². The van der Waals surface area contributed by atoms with Crippen molar-refractivity contribution in [2.75, 3.05) is 34.4 Å². The van der Waals surface area contributed by atoms with Gasteiger partial charge in [0, 0.05) is 20.6 Å². The third-order valence-corrected chi connectivity index (χ3v) is 10.3. The molecular formula is C40H76O9. The average molecular weight is 701 g/mol. The minimum atomic E-state index is -0.242. The molecule has 49 heavy (non-hydrogen) atoms. The molecule has 0 aromatic rings. The Morgan fingerprint density at radius 3 is 1.53 bits per heavy atom. The molecule has 0 radical (unpaired) electrons. The highest BCUT2D eigenvalue weighted by Crippen LogP contribution is 2.36. The Hall–Kier alpha value is -0.810. The quantitative estimate of drug-likeness (QED) is 0.0408. The highest BCUT2D eigenvalue weighted by Gasteiger charge is 2.41. The molecule has 0 aromatic heterocycles. The van der Waals surface area contributed by atoms with Crippen LogP contribution in [0.3, 0.4) is 0 Å². The molecule has 0 saturated carbocycles. The Morgan fingerprint density at radius 1 is 0.612 bits per heavy atom. The molecule has 2 aliphatic heterocycles. The number of carbonyl (C=O) groups is 1. The largest absolute Gasteiger partial charge is 0.466 e. The van der Waals surface area contributed by atoms with E-state index in [-0.39, 0.29) is 55.5 Å². The van der Waals surface area contributed by atoms with E-state index in [0.717, 1.165) is 103 Å². The van der Waals surface area contributed by atoms with Crippen LogP contribution in [-0.4, -0.2) is 88.2 Å². The van der Waals surface area contributed by atoms with E-state index in [0.29, 0.717) is 19.8 Å². The minimum absolute atomic E-state index is 0.0112. The molecule has 2 saturated heterocycles. The van der Waals surface area contributed by atoms with E-state index in [2.05, 4.69) is 6.92 Å². The van der Waals surface area contributed by atoms with Crippen LogP contribution >= 0.6 is 0 Å². The molecule has 1 N–H and O–H groups in total. The fourth-order valence-electron chi connectivity index (χ4n) is 7.48. The van der Waals surface area contributed by atoms with Gasteiger partial charge in [-0.3, -0.25) is 4.79 Å². The van der Waals surface area contributed by atoms with Gasteiger partial charge in [0.25, 0.3) is 0 Å². The lowest BCUT2D eigenvalue weighted by Crippen LogP contribution is -2.35. The maximum Gasteiger partial charge on any atom is 0.305 e. The van der Waals surface area contributed by atoms with Gasteiger partial charge in [-0.05, 0) is 64.7 Å². The number of esters is 1. The summed E-state index contributed by atoms with van der Waals surface area (Å²) in [4.78, 5) is 11.4. The van der Waals surface area contributed by atoms with Crippen LogP contribution in [0.25, 0.3) is 0 Å². The minimum Gasteiger partial charge on any atom is -0.466 e. The maximum atomic E-state index is 11.4. The summed E-state index contributed by atoms with van der Waals surface area (Å²) in [5.41, 5.74) is 0. The summed E-state index contributed by atoms with van der Waals surface area (Å²) >= 11 is 0. The number of methoxy groups -OCH3 is 2. The lowest BCUT2D eigenvalue weighted by atomic mass is 9.99. The molecule has 2 fully saturated rings. The van der Waals surface area contributed by atoms with Gasteiger partial charge in [0.2, 0.25) is 0 Å². The van der Waals surface area contributed by atoms with Crippen LogP contribution in [0.15, 0.2) is 0 Å². The zero-order valence-electron chi connectivity index (χ0n) is 32.1. The molecule has 0 spiro atoms. The fourth-order valence-corrected chi connectivity index (χ4v) is 7.48. The molecule has 9 nitrogen and oxygen atoms in total. The Labute approximate surface area is 300 Å². The highest BCUT2D eigenvalue weighted by molar-refractivity contribution is 5.69. The average Bonchev–Trinajstić information content (AvgIpc) is 3.79. The Bertz CT molecular complexity index is 768. The van der Waals surface area contributed by atoms with Gasteiger partial charge in [-0.25, -0.2) is 0 Å². The van der Waals surface area contributed by atoms with Crippen molar-refractivity contribution in [3.8, 4) is 0 Å².